The molecule has 2 aliphatic rings. The summed E-state index contributed by atoms with van der Waals surface area (Å²) < 4.78 is 11.1. The van der Waals surface area contributed by atoms with Crippen molar-refractivity contribution in [3.05, 3.63) is 88.4 Å². The molecule has 5 rings (SSSR count). The van der Waals surface area contributed by atoms with E-state index in [1.807, 2.05) is 6.07 Å². The lowest BCUT2D eigenvalue weighted by molar-refractivity contribution is -0.139. The van der Waals surface area contributed by atoms with Crippen LogP contribution in [0.4, 0.5) is 5.69 Å². The minimum Gasteiger partial charge on any atom is -0.484 e. The van der Waals surface area contributed by atoms with E-state index in [1.54, 1.807) is 66.7 Å². The molecule has 12 heteroatoms. The summed E-state index contributed by atoms with van der Waals surface area (Å²) in [5.41, 5.74) is 6.63. The molecular weight excluding hydrogens is 571 g/mol. The highest BCUT2D eigenvalue weighted by atomic mass is 35.5. The van der Waals surface area contributed by atoms with E-state index in [0.29, 0.717) is 39.4 Å². The third kappa shape index (κ3) is 6.90. The van der Waals surface area contributed by atoms with Gasteiger partial charge in [-0.3, -0.25) is 14.4 Å². The van der Waals surface area contributed by atoms with E-state index in [2.05, 4.69) is 10.5 Å². The highest BCUT2D eigenvalue weighted by Crippen LogP contribution is 2.39. The molecule has 1 spiro atoms. The lowest BCUT2D eigenvalue weighted by Crippen LogP contribution is -2.45. The van der Waals surface area contributed by atoms with Crippen LogP contribution in [0, 0.1) is 0 Å². The lowest BCUT2D eigenvalue weighted by atomic mass is 9.91. The van der Waals surface area contributed by atoms with Crippen LogP contribution < -0.4 is 20.5 Å². The van der Waals surface area contributed by atoms with Crippen molar-refractivity contribution in [1.29, 1.82) is 0 Å². The molecule has 3 aromatic carbocycles. The van der Waals surface area contributed by atoms with Crippen molar-refractivity contribution < 1.29 is 28.7 Å². The average molecular weight is 597 g/mol. The molecule has 0 bridgehead atoms. The monoisotopic (exact) mass is 596 g/mol. The van der Waals surface area contributed by atoms with Crippen LogP contribution in [0.5, 0.6) is 11.5 Å². The summed E-state index contributed by atoms with van der Waals surface area (Å²) in [4.78, 5) is 44.9. The number of hydrogen-bond donors (Lipinski definition) is 2. The Kier molecular flexibility index (Phi) is 8.32. The molecule has 0 radical (unpaired) electrons. The summed E-state index contributed by atoms with van der Waals surface area (Å²) in [5, 5.41) is 8.19. The van der Waals surface area contributed by atoms with Gasteiger partial charge in [0.05, 0.1) is 12.3 Å². The topological polar surface area (TPSA) is 133 Å². The number of anilines is 1. The second-order valence-electron chi connectivity index (χ2n) is 9.75. The number of nitrogens with two attached hydrogens (primary N) is 1. The van der Waals surface area contributed by atoms with Gasteiger partial charge in [-0.1, -0.05) is 40.5 Å². The van der Waals surface area contributed by atoms with Gasteiger partial charge in [-0.25, -0.2) is 0 Å². The molecule has 1 fully saturated rings. The Bertz CT molecular complexity index is 1480. The number of nitrogens with zero attached hydrogens (tertiary/aromatic N) is 2. The number of benzene rings is 3. The lowest BCUT2D eigenvalue weighted by Gasteiger charge is -2.23. The number of likely N-dealkylation sites (tertiary alicyclic amines) is 1. The number of amides is 3. The summed E-state index contributed by atoms with van der Waals surface area (Å²) in [5.74, 6) is -0.379. The Balaban J connectivity index is 1.19. The van der Waals surface area contributed by atoms with Gasteiger partial charge in [0.25, 0.3) is 11.8 Å². The standard InChI is InChI=1S/C29H26Cl2N4O6/c30-19-4-8-22(9-5-19)39-15-26(36)33-21-3-1-2-18(12-21)24-13-29(41-34-24)14-25(28(32)38)35(17-29)27(37)16-40-23-10-6-20(31)7-11-23/h1-12,25H,13-17H2,(H2,32,38)(H,33,36)/t25-,29?/m0/s1. The Labute approximate surface area is 245 Å². The maximum atomic E-state index is 13.0. The Morgan fingerprint density at radius 2 is 1.61 bits per heavy atom. The van der Waals surface area contributed by atoms with Crippen molar-refractivity contribution in [3.63, 3.8) is 0 Å². The molecule has 3 amide bonds. The van der Waals surface area contributed by atoms with Crippen LogP contribution >= 0.6 is 23.2 Å². The number of carbonyl (C=O) groups excluding carboxylic acids is 3. The molecular formula is C29H26Cl2N4O6. The zero-order valence-electron chi connectivity index (χ0n) is 21.7. The summed E-state index contributed by atoms with van der Waals surface area (Å²) in [7, 11) is 0. The molecule has 2 atom stereocenters. The van der Waals surface area contributed by atoms with Gasteiger partial charge in [0.15, 0.2) is 18.8 Å². The van der Waals surface area contributed by atoms with Crippen molar-refractivity contribution in [2.75, 3.05) is 25.1 Å². The number of nitrogens with one attached hydrogen (secondary N) is 1. The largest absolute Gasteiger partial charge is 0.484 e. The van der Waals surface area contributed by atoms with Gasteiger partial charge >= 0.3 is 0 Å². The van der Waals surface area contributed by atoms with Crippen LogP contribution in [0.1, 0.15) is 18.4 Å². The number of rotatable bonds is 9. The minimum atomic E-state index is -0.906. The van der Waals surface area contributed by atoms with E-state index >= 15 is 0 Å². The molecule has 2 heterocycles. The van der Waals surface area contributed by atoms with Gasteiger partial charge in [0, 0.05) is 34.1 Å². The third-order valence-electron chi connectivity index (χ3n) is 6.73. The van der Waals surface area contributed by atoms with E-state index in [-0.39, 0.29) is 32.1 Å². The van der Waals surface area contributed by atoms with E-state index < -0.39 is 23.5 Å². The van der Waals surface area contributed by atoms with Gasteiger partial charge in [0.1, 0.15) is 17.5 Å². The van der Waals surface area contributed by atoms with Gasteiger partial charge in [-0.05, 0) is 60.7 Å². The first-order valence-corrected chi connectivity index (χ1v) is 13.5. The molecule has 212 valence electrons. The highest BCUT2D eigenvalue weighted by Gasteiger charge is 2.53. The third-order valence-corrected chi connectivity index (χ3v) is 7.23. The Hall–Kier alpha value is -4.28. The van der Waals surface area contributed by atoms with Crippen LogP contribution in [-0.4, -0.2) is 59.7 Å². The first-order valence-electron chi connectivity index (χ1n) is 12.7. The van der Waals surface area contributed by atoms with Crippen molar-refractivity contribution in [2.45, 2.75) is 24.5 Å². The van der Waals surface area contributed by atoms with Crippen LogP contribution in [-0.2, 0) is 19.2 Å². The number of hydrogen-bond acceptors (Lipinski definition) is 7. The van der Waals surface area contributed by atoms with E-state index in [1.165, 1.54) is 4.90 Å². The quantitative estimate of drug-likeness (QED) is 0.383. The molecule has 0 saturated carbocycles. The number of ether oxygens (including phenoxy) is 2. The van der Waals surface area contributed by atoms with E-state index in [0.717, 1.165) is 5.56 Å². The minimum absolute atomic E-state index is 0.120. The van der Waals surface area contributed by atoms with Gasteiger partial charge < -0.3 is 30.3 Å². The summed E-state index contributed by atoms with van der Waals surface area (Å²) in [6.07, 6.45) is 0.538. The Morgan fingerprint density at radius 3 is 2.24 bits per heavy atom. The van der Waals surface area contributed by atoms with E-state index in [4.69, 9.17) is 43.2 Å². The molecule has 0 aliphatic carbocycles. The number of primary amides is 1. The molecule has 41 heavy (non-hydrogen) atoms. The molecule has 10 nitrogen and oxygen atoms in total. The second-order valence-corrected chi connectivity index (χ2v) is 10.6. The first kappa shape index (κ1) is 28.3. The average Bonchev–Trinajstić information content (AvgIpc) is 3.56. The molecule has 3 N–H and O–H groups in total. The highest BCUT2D eigenvalue weighted by molar-refractivity contribution is 6.30. The predicted molar refractivity (Wildman–Crippen MR) is 153 cm³/mol. The molecule has 1 saturated heterocycles. The summed E-state index contributed by atoms with van der Waals surface area (Å²) in [6, 6.07) is 19.6. The Morgan fingerprint density at radius 1 is 0.976 bits per heavy atom. The molecule has 1 unspecified atom stereocenters. The van der Waals surface area contributed by atoms with Crippen LogP contribution in [0.3, 0.4) is 0 Å². The maximum Gasteiger partial charge on any atom is 0.262 e. The summed E-state index contributed by atoms with van der Waals surface area (Å²) in [6.45, 7) is -0.341. The molecule has 3 aromatic rings. The van der Waals surface area contributed by atoms with E-state index in [9.17, 15) is 14.4 Å². The first-order chi connectivity index (χ1) is 19.7. The number of oxime groups is 1. The summed E-state index contributed by atoms with van der Waals surface area (Å²) >= 11 is 11.8. The fourth-order valence-corrected chi connectivity index (χ4v) is 5.00. The maximum absolute atomic E-state index is 13.0. The zero-order chi connectivity index (χ0) is 29.0. The predicted octanol–water partition coefficient (Wildman–Crippen LogP) is 4.04. The number of halogens is 2. The van der Waals surface area contributed by atoms with Crippen LogP contribution in [0.25, 0.3) is 0 Å². The number of carbonyl (C=O) groups is 3. The smallest absolute Gasteiger partial charge is 0.262 e. The zero-order valence-corrected chi connectivity index (χ0v) is 23.2. The van der Waals surface area contributed by atoms with Crippen molar-refractivity contribution in [2.24, 2.45) is 10.9 Å². The van der Waals surface area contributed by atoms with Crippen LogP contribution in [0.2, 0.25) is 10.0 Å². The normalized spacial score (nSPS) is 19.4. The molecule has 0 aromatic heterocycles. The van der Waals surface area contributed by atoms with Gasteiger partial charge in [0.2, 0.25) is 5.91 Å². The van der Waals surface area contributed by atoms with Gasteiger partial charge in [-0.15, -0.1) is 0 Å². The fraction of sp³-hybridized carbons (Fsp3) is 0.241. The van der Waals surface area contributed by atoms with Crippen molar-refractivity contribution in [3.8, 4) is 11.5 Å². The SMILES string of the molecule is NC(=O)[C@@H]1CC2(CC(c3cccc(NC(=O)COc4ccc(Cl)cc4)c3)=NO2)CN1C(=O)COc1ccc(Cl)cc1. The van der Waals surface area contributed by atoms with Crippen molar-refractivity contribution >= 4 is 52.3 Å². The second kappa shape index (κ2) is 12.1. The van der Waals surface area contributed by atoms with Gasteiger partial charge in [-0.2, -0.15) is 0 Å². The van der Waals surface area contributed by atoms with Crippen molar-refractivity contribution in [1.82, 2.24) is 4.90 Å². The van der Waals surface area contributed by atoms with Crippen LogP contribution in [0.15, 0.2) is 78.0 Å². The fourth-order valence-electron chi connectivity index (χ4n) is 4.75. The molecule has 2 aliphatic heterocycles.